The molecule has 1 atom stereocenters. The average Bonchev–Trinajstić information content (AvgIpc) is 2.35. The molecule has 0 aliphatic carbocycles. The van der Waals surface area contributed by atoms with Gasteiger partial charge in [0.1, 0.15) is 0 Å². The Bertz CT molecular complexity index is 352. The van der Waals surface area contributed by atoms with Crippen molar-refractivity contribution in [3.8, 4) is 0 Å². The average molecular weight is 309 g/mol. The monoisotopic (exact) mass is 308 g/mol. The van der Waals surface area contributed by atoms with Gasteiger partial charge in [-0.2, -0.15) is 0 Å². The van der Waals surface area contributed by atoms with Gasteiger partial charge in [0, 0.05) is 24.7 Å². The van der Waals surface area contributed by atoms with Crippen molar-refractivity contribution in [1.82, 2.24) is 9.80 Å². The quantitative estimate of drug-likeness (QED) is 0.754. The highest BCUT2D eigenvalue weighted by molar-refractivity contribution is 4.97. The van der Waals surface area contributed by atoms with Crippen LogP contribution in [0.5, 0.6) is 0 Å². The van der Waals surface area contributed by atoms with Gasteiger partial charge in [0.05, 0.1) is 0 Å². The Kier molecular flexibility index (Phi) is 5.34. The molecule has 0 saturated carbocycles. The number of piperidine rings is 1. The van der Waals surface area contributed by atoms with E-state index in [1.165, 1.54) is 39.0 Å². The van der Waals surface area contributed by atoms with Crippen LogP contribution < -0.4 is 0 Å². The minimum absolute atomic E-state index is 0.350. The minimum atomic E-state index is 0.350. The highest BCUT2D eigenvalue weighted by Gasteiger charge is 2.45. The fourth-order valence-corrected chi connectivity index (χ4v) is 4.52. The van der Waals surface area contributed by atoms with Gasteiger partial charge in [-0.05, 0) is 83.7 Å². The molecule has 0 spiro atoms. The van der Waals surface area contributed by atoms with Crippen LogP contribution in [0.25, 0.3) is 0 Å². The molecule has 2 saturated heterocycles. The number of rotatable bonds is 4. The molecule has 0 aromatic heterocycles. The van der Waals surface area contributed by atoms with Gasteiger partial charge in [-0.25, -0.2) is 0 Å². The van der Waals surface area contributed by atoms with Crippen molar-refractivity contribution in [3.05, 3.63) is 0 Å². The van der Waals surface area contributed by atoms with Crippen LogP contribution in [-0.4, -0.2) is 47.6 Å². The molecule has 0 radical (unpaired) electrons. The lowest BCUT2D eigenvalue weighted by Gasteiger charge is -2.55. The van der Waals surface area contributed by atoms with Crippen molar-refractivity contribution in [2.45, 2.75) is 79.8 Å². The van der Waals surface area contributed by atoms with Gasteiger partial charge in [0.2, 0.25) is 0 Å². The van der Waals surface area contributed by atoms with Gasteiger partial charge in [-0.3, -0.25) is 4.90 Å². The molecule has 130 valence electrons. The molecule has 22 heavy (non-hydrogen) atoms. The first kappa shape index (κ1) is 18.3. The molecule has 2 aliphatic rings. The fraction of sp³-hybridized carbons (Fsp3) is 1.00. The zero-order chi connectivity index (χ0) is 16.7. The molecule has 1 unspecified atom stereocenters. The van der Waals surface area contributed by atoms with Crippen LogP contribution in [0.15, 0.2) is 0 Å². The molecular weight excluding hydrogens is 268 g/mol. The third-order valence-electron chi connectivity index (χ3n) is 7.05. The van der Waals surface area contributed by atoms with Crippen molar-refractivity contribution in [1.29, 1.82) is 0 Å². The first-order valence-corrected chi connectivity index (χ1v) is 9.52. The highest BCUT2D eigenvalue weighted by atomic mass is 15.2. The lowest BCUT2D eigenvalue weighted by atomic mass is 9.61. The maximum Gasteiger partial charge on any atom is 0.0125 e. The number of hydrogen-bond donors (Lipinski definition) is 0. The summed E-state index contributed by atoms with van der Waals surface area (Å²) in [6, 6.07) is 0.716. The van der Waals surface area contributed by atoms with Crippen LogP contribution >= 0.6 is 0 Å². The van der Waals surface area contributed by atoms with E-state index >= 15 is 0 Å². The Morgan fingerprint density at radius 1 is 0.864 bits per heavy atom. The van der Waals surface area contributed by atoms with Crippen LogP contribution in [0.4, 0.5) is 0 Å². The summed E-state index contributed by atoms with van der Waals surface area (Å²) in [6.45, 7) is 24.6. The van der Waals surface area contributed by atoms with E-state index in [-0.39, 0.29) is 0 Å². The third-order valence-corrected chi connectivity index (χ3v) is 7.05. The Labute approximate surface area is 139 Å². The number of nitrogens with zero attached hydrogens (tertiary/aromatic N) is 2. The van der Waals surface area contributed by atoms with Crippen molar-refractivity contribution in [2.75, 3.05) is 26.2 Å². The first-order chi connectivity index (χ1) is 10.0. The molecule has 2 aliphatic heterocycles. The van der Waals surface area contributed by atoms with E-state index < -0.39 is 0 Å². The van der Waals surface area contributed by atoms with Crippen molar-refractivity contribution in [3.63, 3.8) is 0 Å². The molecule has 0 bridgehead atoms. The number of likely N-dealkylation sites (tertiary alicyclic amines) is 2. The topological polar surface area (TPSA) is 6.48 Å². The molecular formula is C20H40N2. The second kappa shape index (κ2) is 6.43. The second-order valence-electron chi connectivity index (χ2n) is 9.85. The van der Waals surface area contributed by atoms with Crippen molar-refractivity contribution in [2.24, 2.45) is 23.2 Å². The van der Waals surface area contributed by atoms with Gasteiger partial charge in [-0.15, -0.1) is 0 Å². The molecule has 2 rings (SSSR count). The summed E-state index contributed by atoms with van der Waals surface area (Å²) < 4.78 is 0. The zero-order valence-corrected chi connectivity index (χ0v) is 16.4. The molecule has 2 heteroatoms. The van der Waals surface area contributed by atoms with E-state index in [0.717, 1.165) is 17.8 Å². The van der Waals surface area contributed by atoms with E-state index in [0.29, 0.717) is 17.0 Å². The predicted octanol–water partition coefficient (Wildman–Crippen LogP) is 4.50. The van der Waals surface area contributed by atoms with Gasteiger partial charge >= 0.3 is 0 Å². The Morgan fingerprint density at radius 3 is 1.77 bits per heavy atom. The smallest absolute Gasteiger partial charge is 0.0125 e. The predicted molar refractivity (Wildman–Crippen MR) is 97.2 cm³/mol. The van der Waals surface area contributed by atoms with Crippen molar-refractivity contribution >= 4 is 0 Å². The van der Waals surface area contributed by atoms with Crippen LogP contribution in [0.1, 0.15) is 68.2 Å². The zero-order valence-electron chi connectivity index (χ0n) is 16.4. The molecule has 2 fully saturated rings. The molecule has 0 N–H and O–H groups in total. The lowest BCUT2D eigenvalue weighted by Crippen LogP contribution is -2.59. The Morgan fingerprint density at radius 2 is 1.36 bits per heavy atom. The Hall–Kier alpha value is -0.0800. The van der Waals surface area contributed by atoms with Gasteiger partial charge < -0.3 is 4.90 Å². The van der Waals surface area contributed by atoms with Crippen LogP contribution in [-0.2, 0) is 0 Å². The third kappa shape index (κ3) is 3.70. The fourth-order valence-electron chi connectivity index (χ4n) is 4.52. The van der Waals surface area contributed by atoms with Crippen molar-refractivity contribution < 1.29 is 0 Å². The second-order valence-corrected chi connectivity index (χ2v) is 9.85. The maximum atomic E-state index is 2.65. The SMILES string of the molecule is CC(C)N1CCC(C(C)(C)C(C)C2CN(C(C)(C)C)C2)CC1. The van der Waals surface area contributed by atoms with E-state index in [4.69, 9.17) is 0 Å². The maximum absolute atomic E-state index is 2.65. The van der Waals surface area contributed by atoms with E-state index in [9.17, 15) is 0 Å². The standard InChI is InChI=1S/C20H40N2/c1-15(2)21-11-9-18(10-12-21)20(7,8)16(3)17-13-22(14-17)19(4,5)6/h15-18H,9-14H2,1-8H3. The van der Waals surface area contributed by atoms with Gasteiger partial charge in [-0.1, -0.05) is 20.8 Å². The summed E-state index contributed by atoms with van der Waals surface area (Å²) >= 11 is 0. The summed E-state index contributed by atoms with van der Waals surface area (Å²) in [6.07, 6.45) is 2.79. The summed E-state index contributed by atoms with van der Waals surface area (Å²) in [7, 11) is 0. The van der Waals surface area contributed by atoms with Crippen LogP contribution in [0.3, 0.4) is 0 Å². The summed E-state index contributed by atoms with van der Waals surface area (Å²) in [5.41, 5.74) is 0.834. The van der Waals surface area contributed by atoms with Gasteiger partial charge in [0.25, 0.3) is 0 Å². The van der Waals surface area contributed by atoms with Crippen LogP contribution in [0.2, 0.25) is 0 Å². The highest BCUT2D eigenvalue weighted by Crippen LogP contribution is 2.46. The van der Waals surface area contributed by atoms with Gasteiger partial charge in [0.15, 0.2) is 0 Å². The normalized spacial score (nSPS) is 25.5. The molecule has 2 heterocycles. The molecule has 0 aromatic carbocycles. The van der Waals surface area contributed by atoms with E-state index in [2.05, 4.69) is 65.2 Å². The molecule has 0 amide bonds. The summed E-state index contributed by atoms with van der Waals surface area (Å²) in [5, 5.41) is 0. The molecule has 2 nitrogen and oxygen atoms in total. The van der Waals surface area contributed by atoms with E-state index in [1.54, 1.807) is 0 Å². The number of hydrogen-bond acceptors (Lipinski definition) is 2. The van der Waals surface area contributed by atoms with Crippen LogP contribution in [0, 0.1) is 23.2 Å². The largest absolute Gasteiger partial charge is 0.301 e. The Balaban J connectivity index is 1.88. The molecule has 0 aromatic rings. The van der Waals surface area contributed by atoms with E-state index in [1.807, 2.05) is 0 Å². The minimum Gasteiger partial charge on any atom is -0.301 e. The lowest BCUT2D eigenvalue weighted by molar-refractivity contribution is -0.0597. The summed E-state index contributed by atoms with van der Waals surface area (Å²) in [5.74, 6) is 2.64. The first-order valence-electron chi connectivity index (χ1n) is 9.52. The summed E-state index contributed by atoms with van der Waals surface area (Å²) in [4.78, 5) is 5.30.